The predicted molar refractivity (Wildman–Crippen MR) is 58.0 cm³/mol. The molecule has 78 valence electrons. The van der Waals surface area contributed by atoms with E-state index < -0.39 is 0 Å². The summed E-state index contributed by atoms with van der Waals surface area (Å²) in [6.45, 7) is 4.43. The fourth-order valence-electron chi connectivity index (χ4n) is 1.28. The Morgan fingerprint density at radius 3 is 2.86 bits per heavy atom. The molecule has 0 aliphatic carbocycles. The summed E-state index contributed by atoms with van der Waals surface area (Å²) in [6, 6.07) is 2.01. The Hall–Kier alpha value is -1.06. The summed E-state index contributed by atoms with van der Waals surface area (Å²) >= 11 is 0. The SMILES string of the molecule is Cc1occc1CN(C)CC=CCN. The number of furan rings is 1. The van der Waals surface area contributed by atoms with Gasteiger partial charge in [-0.1, -0.05) is 12.2 Å². The molecular weight excluding hydrogens is 176 g/mol. The van der Waals surface area contributed by atoms with E-state index in [-0.39, 0.29) is 0 Å². The highest BCUT2D eigenvalue weighted by Gasteiger charge is 2.03. The van der Waals surface area contributed by atoms with Crippen LogP contribution in [0.1, 0.15) is 11.3 Å². The van der Waals surface area contributed by atoms with Crippen molar-refractivity contribution in [3.05, 3.63) is 35.8 Å². The first-order valence-corrected chi connectivity index (χ1v) is 4.80. The van der Waals surface area contributed by atoms with Crippen molar-refractivity contribution in [1.29, 1.82) is 0 Å². The van der Waals surface area contributed by atoms with Crippen molar-refractivity contribution in [2.45, 2.75) is 13.5 Å². The molecule has 0 spiro atoms. The topological polar surface area (TPSA) is 42.4 Å². The summed E-state index contributed by atoms with van der Waals surface area (Å²) in [7, 11) is 2.08. The minimum Gasteiger partial charge on any atom is -0.469 e. The van der Waals surface area contributed by atoms with Crippen molar-refractivity contribution in [2.24, 2.45) is 5.73 Å². The van der Waals surface area contributed by atoms with E-state index in [1.165, 1.54) is 5.56 Å². The Balaban J connectivity index is 2.37. The quantitative estimate of drug-likeness (QED) is 0.723. The van der Waals surface area contributed by atoms with E-state index in [0.717, 1.165) is 18.8 Å². The van der Waals surface area contributed by atoms with Gasteiger partial charge in [0.2, 0.25) is 0 Å². The van der Waals surface area contributed by atoms with Gasteiger partial charge in [0, 0.05) is 25.2 Å². The van der Waals surface area contributed by atoms with Gasteiger partial charge in [-0.2, -0.15) is 0 Å². The Bertz CT molecular complexity index is 291. The standard InChI is InChI=1S/C11H18N2O/c1-10-11(5-8-14-10)9-13(2)7-4-3-6-12/h3-5,8H,6-7,9,12H2,1-2H3. The Labute approximate surface area is 85.2 Å². The lowest BCUT2D eigenvalue weighted by atomic mass is 10.2. The summed E-state index contributed by atoms with van der Waals surface area (Å²) in [5.74, 6) is 1.000. The average molecular weight is 194 g/mol. The van der Waals surface area contributed by atoms with Crippen molar-refractivity contribution < 1.29 is 4.42 Å². The number of rotatable bonds is 5. The number of aryl methyl sites for hydroxylation is 1. The van der Waals surface area contributed by atoms with Gasteiger partial charge in [0.25, 0.3) is 0 Å². The summed E-state index contributed by atoms with van der Waals surface area (Å²) in [6.07, 6.45) is 5.78. The van der Waals surface area contributed by atoms with Crippen LogP contribution in [0.3, 0.4) is 0 Å². The van der Waals surface area contributed by atoms with Crippen LogP contribution in [0.25, 0.3) is 0 Å². The van der Waals surface area contributed by atoms with Gasteiger partial charge in [-0.15, -0.1) is 0 Å². The van der Waals surface area contributed by atoms with Crippen molar-refractivity contribution in [3.8, 4) is 0 Å². The fourth-order valence-corrected chi connectivity index (χ4v) is 1.28. The van der Waals surface area contributed by atoms with Gasteiger partial charge in [-0.25, -0.2) is 0 Å². The largest absolute Gasteiger partial charge is 0.469 e. The maximum absolute atomic E-state index is 5.35. The molecule has 0 aliphatic rings. The molecule has 2 N–H and O–H groups in total. The molecule has 0 bridgehead atoms. The fraction of sp³-hybridized carbons (Fsp3) is 0.455. The molecule has 0 unspecified atom stereocenters. The minimum absolute atomic E-state index is 0.610. The Kier molecular flexibility index (Phi) is 4.43. The van der Waals surface area contributed by atoms with Crippen LogP contribution in [0.2, 0.25) is 0 Å². The lowest BCUT2D eigenvalue weighted by Gasteiger charge is -2.13. The zero-order chi connectivity index (χ0) is 10.4. The van der Waals surface area contributed by atoms with Gasteiger partial charge >= 0.3 is 0 Å². The molecule has 0 aromatic carbocycles. The maximum Gasteiger partial charge on any atom is 0.105 e. The molecule has 14 heavy (non-hydrogen) atoms. The third-order valence-electron chi connectivity index (χ3n) is 2.13. The van der Waals surface area contributed by atoms with Gasteiger partial charge in [0.15, 0.2) is 0 Å². The second kappa shape index (κ2) is 5.62. The van der Waals surface area contributed by atoms with Crippen LogP contribution in [-0.2, 0) is 6.54 Å². The van der Waals surface area contributed by atoms with Crippen LogP contribution in [0.15, 0.2) is 28.9 Å². The van der Waals surface area contributed by atoms with E-state index in [0.29, 0.717) is 6.54 Å². The van der Waals surface area contributed by atoms with Gasteiger partial charge in [0.05, 0.1) is 6.26 Å². The van der Waals surface area contributed by atoms with Gasteiger partial charge in [-0.05, 0) is 20.0 Å². The molecule has 3 heteroatoms. The van der Waals surface area contributed by atoms with Gasteiger partial charge in [0.1, 0.15) is 5.76 Å². The first kappa shape index (κ1) is 11.0. The summed E-state index contributed by atoms with van der Waals surface area (Å²) in [5, 5.41) is 0. The lowest BCUT2D eigenvalue weighted by molar-refractivity contribution is 0.359. The number of hydrogen-bond donors (Lipinski definition) is 1. The van der Waals surface area contributed by atoms with Crippen LogP contribution in [0.4, 0.5) is 0 Å². The zero-order valence-electron chi connectivity index (χ0n) is 8.86. The van der Waals surface area contributed by atoms with Crippen molar-refractivity contribution in [1.82, 2.24) is 4.90 Å². The Morgan fingerprint density at radius 2 is 2.29 bits per heavy atom. The molecule has 1 aromatic rings. The maximum atomic E-state index is 5.35. The molecule has 1 rings (SSSR count). The highest BCUT2D eigenvalue weighted by atomic mass is 16.3. The third kappa shape index (κ3) is 3.36. The first-order valence-electron chi connectivity index (χ1n) is 4.80. The van der Waals surface area contributed by atoms with Crippen LogP contribution in [0, 0.1) is 6.92 Å². The highest BCUT2D eigenvalue weighted by Crippen LogP contribution is 2.10. The highest BCUT2D eigenvalue weighted by molar-refractivity contribution is 5.15. The van der Waals surface area contributed by atoms with Crippen LogP contribution in [0.5, 0.6) is 0 Å². The average Bonchev–Trinajstić information content (AvgIpc) is 2.52. The number of hydrogen-bond acceptors (Lipinski definition) is 3. The smallest absolute Gasteiger partial charge is 0.105 e. The first-order chi connectivity index (χ1) is 6.74. The minimum atomic E-state index is 0.610. The normalized spacial score (nSPS) is 11.7. The Morgan fingerprint density at radius 1 is 1.50 bits per heavy atom. The third-order valence-corrected chi connectivity index (χ3v) is 2.13. The molecule has 0 aliphatic heterocycles. The number of nitrogens with two attached hydrogens (primary N) is 1. The lowest BCUT2D eigenvalue weighted by Crippen LogP contribution is -2.17. The van der Waals surface area contributed by atoms with Gasteiger partial charge < -0.3 is 10.2 Å². The molecular formula is C11H18N2O. The van der Waals surface area contributed by atoms with Crippen molar-refractivity contribution in [3.63, 3.8) is 0 Å². The summed E-state index contributed by atoms with van der Waals surface area (Å²) in [5.41, 5.74) is 6.60. The zero-order valence-corrected chi connectivity index (χ0v) is 8.86. The second-order valence-corrected chi connectivity index (χ2v) is 3.41. The molecule has 0 saturated carbocycles. The molecule has 0 radical (unpaired) electrons. The molecule has 0 fully saturated rings. The van der Waals surface area contributed by atoms with E-state index in [1.54, 1.807) is 6.26 Å². The number of nitrogens with zero attached hydrogens (tertiary/aromatic N) is 1. The van der Waals surface area contributed by atoms with E-state index in [1.807, 2.05) is 19.1 Å². The van der Waals surface area contributed by atoms with Crippen LogP contribution < -0.4 is 5.73 Å². The van der Waals surface area contributed by atoms with E-state index in [9.17, 15) is 0 Å². The molecule has 3 nitrogen and oxygen atoms in total. The summed E-state index contributed by atoms with van der Waals surface area (Å²) < 4.78 is 5.23. The van der Waals surface area contributed by atoms with E-state index in [2.05, 4.69) is 18.0 Å². The van der Waals surface area contributed by atoms with Crippen molar-refractivity contribution in [2.75, 3.05) is 20.1 Å². The molecule has 1 aromatic heterocycles. The van der Waals surface area contributed by atoms with E-state index >= 15 is 0 Å². The van der Waals surface area contributed by atoms with Crippen LogP contribution >= 0.6 is 0 Å². The monoisotopic (exact) mass is 194 g/mol. The molecule has 0 amide bonds. The van der Waals surface area contributed by atoms with Crippen LogP contribution in [-0.4, -0.2) is 25.0 Å². The van der Waals surface area contributed by atoms with Gasteiger partial charge in [-0.3, -0.25) is 4.90 Å². The van der Waals surface area contributed by atoms with E-state index in [4.69, 9.17) is 10.2 Å². The van der Waals surface area contributed by atoms with Crippen molar-refractivity contribution >= 4 is 0 Å². The molecule has 1 heterocycles. The molecule has 0 atom stereocenters. The second-order valence-electron chi connectivity index (χ2n) is 3.41. The predicted octanol–water partition coefficient (Wildman–Crippen LogP) is 1.53. The number of likely N-dealkylation sites (N-methyl/N-ethyl adjacent to an activating group) is 1. The molecule has 0 saturated heterocycles. The summed E-state index contributed by atoms with van der Waals surface area (Å²) in [4.78, 5) is 2.21.